The van der Waals surface area contributed by atoms with Gasteiger partial charge in [-0.3, -0.25) is 4.79 Å². The smallest absolute Gasteiger partial charge is 0.416 e. The van der Waals surface area contributed by atoms with E-state index < -0.39 is 23.6 Å². The molecule has 0 bridgehead atoms. The lowest BCUT2D eigenvalue weighted by Crippen LogP contribution is -2.13. The maximum absolute atomic E-state index is 12.9. The van der Waals surface area contributed by atoms with E-state index in [1.807, 2.05) is 18.2 Å². The number of anilines is 1. The highest BCUT2D eigenvalue weighted by molar-refractivity contribution is 6.04. The number of nitrogens with one attached hydrogen (secondary N) is 2. The molecule has 2 aromatic carbocycles. The van der Waals surface area contributed by atoms with Crippen LogP contribution in [0.3, 0.4) is 0 Å². The number of fused-ring (bicyclic) bond motifs is 1. The quantitative estimate of drug-likeness (QED) is 0.366. The number of ether oxygens (including phenoxy) is 1. The Morgan fingerprint density at radius 1 is 1.00 bits per heavy atom. The van der Waals surface area contributed by atoms with Crippen molar-refractivity contribution in [2.45, 2.75) is 6.18 Å². The monoisotopic (exact) mass is 465 g/mol. The standard InChI is InChI=1S/C25H18F3N3O3/c1-34-24(33)21-13-18-10-16(14-29-22(18)31-21)9-8-15-4-2-7-20(11-15)30-23(32)17-5-3-6-19(12-17)25(26,27)28/h2-14H,1H3,(H,29,31)(H,30,32)/b9-8+. The second-order valence-corrected chi connectivity index (χ2v) is 7.37. The molecular formula is C25H18F3N3O3. The molecule has 1 amide bonds. The van der Waals surface area contributed by atoms with E-state index in [-0.39, 0.29) is 5.56 Å². The molecule has 0 saturated carbocycles. The number of methoxy groups -OCH3 is 1. The van der Waals surface area contributed by atoms with Crippen LogP contribution in [0.15, 0.2) is 66.9 Å². The van der Waals surface area contributed by atoms with Gasteiger partial charge in [0.05, 0.1) is 12.7 Å². The molecular weight excluding hydrogens is 447 g/mol. The summed E-state index contributed by atoms with van der Waals surface area (Å²) in [5.41, 5.74) is 1.85. The van der Waals surface area contributed by atoms with Crippen LogP contribution in [0, 0.1) is 0 Å². The number of nitrogens with zero attached hydrogens (tertiary/aromatic N) is 1. The molecule has 6 nitrogen and oxygen atoms in total. The molecule has 2 heterocycles. The van der Waals surface area contributed by atoms with Crippen LogP contribution in [0.2, 0.25) is 0 Å². The Labute approximate surface area is 192 Å². The Hall–Kier alpha value is -4.40. The van der Waals surface area contributed by atoms with Crippen LogP contribution in [0.4, 0.5) is 18.9 Å². The van der Waals surface area contributed by atoms with Crippen LogP contribution >= 0.6 is 0 Å². The highest BCUT2D eigenvalue weighted by Crippen LogP contribution is 2.29. The predicted octanol–water partition coefficient (Wildman–Crippen LogP) is 5.79. The van der Waals surface area contributed by atoms with E-state index in [1.54, 1.807) is 36.5 Å². The number of alkyl halides is 3. The lowest BCUT2D eigenvalue weighted by Gasteiger charge is -2.09. The van der Waals surface area contributed by atoms with Gasteiger partial charge in [0, 0.05) is 22.8 Å². The van der Waals surface area contributed by atoms with Crippen LogP contribution in [0.25, 0.3) is 23.2 Å². The third-order valence-electron chi connectivity index (χ3n) is 4.96. The maximum Gasteiger partial charge on any atom is 0.416 e. The first-order valence-electron chi connectivity index (χ1n) is 10.1. The second kappa shape index (κ2) is 9.22. The van der Waals surface area contributed by atoms with Crippen molar-refractivity contribution in [2.24, 2.45) is 0 Å². The average molecular weight is 465 g/mol. The van der Waals surface area contributed by atoms with Crippen molar-refractivity contribution >= 4 is 40.7 Å². The molecule has 4 rings (SSSR count). The fourth-order valence-corrected chi connectivity index (χ4v) is 3.30. The van der Waals surface area contributed by atoms with Crippen molar-refractivity contribution in [3.05, 3.63) is 94.8 Å². The summed E-state index contributed by atoms with van der Waals surface area (Å²) >= 11 is 0. The SMILES string of the molecule is COC(=O)c1cc2cc(/C=C/c3cccc(NC(=O)c4cccc(C(F)(F)F)c4)c3)cnc2[nH]1. The summed E-state index contributed by atoms with van der Waals surface area (Å²) in [5, 5.41) is 3.36. The number of esters is 1. The van der Waals surface area contributed by atoms with Crippen molar-refractivity contribution in [3.8, 4) is 0 Å². The van der Waals surface area contributed by atoms with Crippen LogP contribution in [0.1, 0.15) is 37.5 Å². The fourth-order valence-electron chi connectivity index (χ4n) is 3.30. The summed E-state index contributed by atoms with van der Waals surface area (Å²) < 4.78 is 43.4. The molecule has 0 atom stereocenters. The zero-order valence-electron chi connectivity index (χ0n) is 17.8. The molecule has 2 aromatic heterocycles. The van der Waals surface area contributed by atoms with E-state index in [4.69, 9.17) is 4.74 Å². The number of hydrogen-bond donors (Lipinski definition) is 2. The number of pyridine rings is 1. The Balaban J connectivity index is 1.49. The Morgan fingerprint density at radius 2 is 1.76 bits per heavy atom. The van der Waals surface area contributed by atoms with Crippen molar-refractivity contribution in [2.75, 3.05) is 12.4 Å². The summed E-state index contributed by atoms with van der Waals surface area (Å²) in [6.07, 6.45) is 0.720. The first-order valence-corrected chi connectivity index (χ1v) is 10.1. The number of benzene rings is 2. The van der Waals surface area contributed by atoms with Crippen molar-refractivity contribution < 1.29 is 27.5 Å². The number of halogens is 3. The van der Waals surface area contributed by atoms with Crippen molar-refractivity contribution in [1.82, 2.24) is 9.97 Å². The van der Waals surface area contributed by atoms with Crippen molar-refractivity contribution in [3.63, 3.8) is 0 Å². The van der Waals surface area contributed by atoms with Gasteiger partial charge in [0.15, 0.2) is 0 Å². The summed E-state index contributed by atoms with van der Waals surface area (Å²) in [5.74, 6) is -1.13. The lowest BCUT2D eigenvalue weighted by molar-refractivity contribution is -0.137. The summed E-state index contributed by atoms with van der Waals surface area (Å²) in [6.45, 7) is 0. The largest absolute Gasteiger partial charge is 0.464 e. The van der Waals surface area contributed by atoms with Gasteiger partial charge in [-0.15, -0.1) is 0 Å². The fraction of sp³-hybridized carbons (Fsp3) is 0.0800. The molecule has 0 unspecified atom stereocenters. The highest BCUT2D eigenvalue weighted by Gasteiger charge is 2.30. The summed E-state index contributed by atoms with van der Waals surface area (Å²) in [6, 6.07) is 14.6. The minimum Gasteiger partial charge on any atom is -0.464 e. The van der Waals surface area contributed by atoms with E-state index in [9.17, 15) is 22.8 Å². The molecule has 9 heteroatoms. The number of carbonyl (C=O) groups excluding carboxylic acids is 2. The van der Waals surface area contributed by atoms with E-state index in [0.717, 1.165) is 28.6 Å². The van der Waals surface area contributed by atoms with Gasteiger partial charge in [0.25, 0.3) is 5.91 Å². The van der Waals surface area contributed by atoms with Gasteiger partial charge in [-0.2, -0.15) is 13.2 Å². The lowest BCUT2D eigenvalue weighted by atomic mass is 10.1. The van der Waals surface area contributed by atoms with Gasteiger partial charge >= 0.3 is 12.1 Å². The molecule has 4 aromatic rings. The number of amides is 1. The number of hydrogen-bond acceptors (Lipinski definition) is 4. The number of carbonyl (C=O) groups is 2. The number of aromatic nitrogens is 2. The third-order valence-corrected chi connectivity index (χ3v) is 4.96. The first-order chi connectivity index (χ1) is 16.2. The maximum atomic E-state index is 12.9. The van der Waals surface area contributed by atoms with Gasteiger partial charge in [0.1, 0.15) is 11.3 Å². The zero-order chi connectivity index (χ0) is 24.3. The molecule has 0 radical (unpaired) electrons. The molecule has 2 N–H and O–H groups in total. The predicted molar refractivity (Wildman–Crippen MR) is 122 cm³/mol. The number of H-pyrrole nitrogens is 1. The van der Waals surface area contributed by atoms with Crippen LogP contribution in [0.5, 0.6) is 0 Å². The minimum absolute atomic E-state index is 0.0898. The van der Waals surface area contributed by atoms with Gasteiger partial charge in [-0.25, -0.2) is 9.78 Å². The Kier molecular flexibility index (Phi) is 6.18. The molecule has 0 aliphatic carbocycles. The molecule has 0 spiro atoms. The van der Waals surface area contributed by atoms with Gasteiger partial charge in [0.2, 0.25) is 0 Å². The number of aromatic amines is 1. The third kappa shape index (κ3) is 5.15. The summed E-state index contributed by atoms with van der Waals surface area (Å²) in [4.78, 5) is 31.3. The van der Waals surface area contributed by atoms with Gasteiger partial charge in [-0.1, -0.05) is 30.4 Å². The molecule has 0 aliphatic rings. The van der Waals surface area contributed by atoms with E-state index in [0.29, 0.717) is 17.0 Å². The van der Waals surface area contributed by atoms with Crippen LogP contribution in [-0.2, 0) is 10.9 Å². The van der Waals surface area contributed by atoms with Crippen LogP contribution in [-0.4, -0.2) is 29.0 Å². The molecule has 0 fully saturated rings. The molecule has 0 saturated heterocycles. The van der Waals surface area contributed by atoms with Crippen molar-refractivity contribution in [1.29, 1.82) is 0 Å². The molecule has 34 heavy (non-hydrogen) atoms. The Morgan fingerprint density at radius 3 is 2.53 bits per heavy atom. The normalized spacial score (nSPS) is 11.6. The van der Waals surface area contributed by atoms with Gasteiger partial charge in [-0.05, 0) is 53.6 Å². The van der Waals surface area contributed by atoms with E-state index in [1.165, 1.54) is 19.2 Å². The van der Waals surface area contributed by atoms with Gasteiger partial charge < -0.3 is 15.0 Å². The second-order valence-electron chi connectivity index (χ2n) is 7.37. The zero-order valence-corrected chi connectivity index (χ0v) is 17.8. The number of rotatable bonds is 5. The summed E-state index contributed by atoms with van der Waals surface area (Å²) in [7, 11) is 1.30. The molecule has 0 aliphatic heterocycles. The van der Waals surface area contributed by atoms with E-state index in [2.05, 4.69) is 15.3 Å². The van der Waals surface area contributed by atoms with E-state index >= 15 is 0 Å². The first kappa shape index (κ1) is 22.8. The molecule has 172 valence electrons. The minimum atomic E-state index is -4.53. The Bertz CT molecular complexity index is 1410. The average Bonchev–Trinajstić information content (AvgIpc) is 3.25. The highest BCUT2D eigenvalue weighted by atomic mass is 19.4. The topological polar surface area (TPSA) is 84.1 Å². The van der Waals surface area contributed by atoms with Crippen LogP contribution < -0.4 is 5.32 Å².